The standard InChI is InChI=1S/C22H22N4O2/c1-13(2)17-11-16(24-21-23-9-10-26(17)21)18(27)6-8-22-7-5-14-3-4-19(28)25-20(14)15(22)12-22/h5,7,9-11,15H,1,3-4,6,8,12H2,2H3,(H,25,28). The summed E-state index contributed by atoms with van der Waals surface area (Å²) in [5, 5.41) is 3.06. The van der Waals surface area contributed by atoms with Gasteiger partial charge in [-0.05, 0) is 48.8 Å². The Kier molecular flexibility index (Phi) is 3.66. The van der Waals surface area contributed by atoms with Gasteiger partial charge < -0.3 is 5.32 Å². The molecule has 0 bridgehead atoms. The Morgan fingerprint density at radius 1 is 1.43 bits per heavy atom. The van der Waals surface area contributed by atoms with Crippen molar-refractivity contribution < 1.29 is 9.59 Å². The van der Waals surface area contributed by atoms with Crippen molar-refractivity contribution in [1.82, 2.24) is 19.7 Å². The number of imidazole rings is 1. The van der Waals surface area contributed by atoms with Crippen LogP contribution < -0.4 is 5.32 Å². The molecule has 2 atom stereocenters. The van der Waals surface area contributed by atoms with Crippen LogP contribution in [-0.2, 0) is 4.79 Å². The number of rotatable bonds is 5. The molecule has 1 aliphatic heterocycles. The van der Waals surface area contributed by atoms with Crippen molar-refractivity contribution in [1.29, 1.82) is 0 Å². The first kappa shape index (κ1) is 17.1. The SMILES string of the molecule is C=C(C)c1cc(C(=O)CCC23C=CC4=C(NC(=O)CC4)C2C3)nc2nccn12. The van der Waals surface area contributed by atoms with Crippen molar-refractivity contribution in [3.63, 3.8) is 0 Å². The van der Waals surface area contributed by atoms with E-state index < -0.39 is 0 Å². The fourth-order valence-corrected chi connectivity index (χ4v) is 4.53. The number of ketones is 1. The molecule has 2 aromatic rings. The Bertz CT molecular complexity index is 1110. The predicted octanol–water partition coefficient (Wildman–Crippen LogP) is 3.47. The molecular weight excluding hydrogens is 352 g/mol. The van der Waals surface area contributed by atoms with Crippen LogP contribution in [0.2, 0.25) is 0 Å². The summed E-state index contributed by atoms with van der Waals surface area (Å²) in [4.78, 5) is 33.3. The first-order valence-electron chi connectivity index (χ1n) is 9.72. The van der Waals surface area contributed by atoms with Crippen LogP contribution in [-0.4, -0.2) is 26.1 Å². The third-order valence-electron chi connectivity index (χ3n) is 6.24. The lowest BCUT2D eigenvalue weighted by molar-refractivity contribution is -0.120. The number of hydrogen-bond donors (Lipinski definition) is 1. The number of carbonyl (C=O) groups is 2. The van der Waals surface area contributed by atoms with Gasteiger partial charge in [0.1, 0.15) is 5.69 Å². The highest BCUT2D eigenvalue weighted by Gasteiger charge is 2.56. The van der Waals surface area contributed by atoms with E-state index >= 15 is 0 Å². The van der Waals surface area contributed by atoms with Gasteiger partial charge in [0, 0.05) is 36.9 Å². The molecule has 5 rings (SSSR count). The second-order valence-electron chi connectivity index (χ2n) is 8.14. The van der Waals surface area contributed by atoms with E-state index in [4.69, 9.17) is 0 Å². The maximum absolute atomic E-state index is 12.9. The molecule has 1 N–H and O–H groups in total. The maximum atomic E-state index is 12.9. The van der Waals surface area contributed by atoms with E-state index in [-0.39, 0.29) is 17.1 Å². The van der Waals surface area contributed by atoms with Gasteiger partial charge in [0.2, 0.25) is 11.7 Å². The van der Waals surface area contributed by atoms with Gasteiger partial charge in [-0.25, -0.2) is 9.97 Å². The van der Waals surface area contributed by atoms with Crippen molar-refractivity contribution >= 4 is 23.0 Å². The average Bonchev–Trinajstić information content (AvgIpc) is 3.24. The topological polar surface area (TPSA) is 76.4 Å². The van der Waals surface area contributed by atoms with Crippen molar-refractivity contribution in [3.8, 4) is 0 Å². The van der Waals surface area contributed by atoms with Crippen LogP contribution in [0.25, 0.3) is 11.4 Å². The fraction of sp³-hybridized carbons (Fsp3) is 0.364. The molecule has 2 aromatic heterocycles. The van der Waals surface area contributed by atoms with Crippen LogP contribution in [0.3, 0.4) is 0 Å². The van der Waals surface area contributed by atoms with Crippen LogP contribution in [0.5, 0.6) is 0 Å². The molecule has 0 radical (unpaired) electrons. The molecule has 142 valence electrons. The average molecular weight is 374 g/mol. The van der Waals surface area contributed by atoms with Gasteiger partial charge >= 0.3 is 0 Å². The van der Waals surface area contributed by atoms with E-state index in [0.29, 0.717) is 30.2 Å². The summed E-state index contributed by atoms with van der Waals surface area (Å²) in [6.07, 6.45) is 11.5. The van der Waals surface area contributed by atoms with Gasteiger partial charge in [0.25, 0.3) is 0 Å². The molecule has 1 saturated carbocycles. The van der Waals surface area contributed by atoms with E-state index in [1.165, 1.54) is 5.57 Å². The first-order chi connectivity index (χ1) is 13.5. The minimum absolute atomic E-state index is 0.00764. The summed E-state index contributed by atoms with van der Waals surface area (Å²) < 4.78 is 1.85. The minimum atomic E-state index is 0.00764. The Hall–Kier alpha value is -3.02. The van der Waals surface area contributed by atoms with E-state index in [1.807, 2.05) is 17.5 Å². The number of Topliss-reactive ketones (excluding diaryl/α,β-unsaturated/α-hetero) is 1. The smallest absolute Gasteiger partial charge is 0.234 e. The molecule has 3 aliphatic rings. The number of hydrogen-bond acceptors (Lipinski definition) is 4. The Morgan fingerprint density at radius 2 is 2.29 bits per heavy atom. The second-order valence-corrected chi connectivity index (χ2v) is 8.14. The molecule has 0 aromatic carbocycles. The van der Waals surface area contributed by atoms with Crippen LogP contribution in [0.1, 0.15) is 55.2 Å². The van der Waals surface area contributed by atoms with Crippen LogP contribution >= 0.6 is 0 Å². The van der Waals surface area contributed by atoms with Crippen molar-refractivity contribution in [2.45, 2.75) is 39.0 Å². The molecular formula is C22H22N4O2. The molecule has 6 nitrogen and oxygen atoms in total. The van der Waals surface area contributed by atoms with E-state index in [1.54, 1.807) is 12.3 Å². The van der Waals surface area contributed by atoms with Gasteiger partial charge in [-0.1, -0.05) is 18.7 Å². The lowest BCUT2D eigenvalue weighted by Crippen LogP contribution is -2.31. The van der Waals surface area contributed by atoms with E-state index in [9.17, 15) is 9.59 Å². The highest BCUT2D eigenvalue weighted by molar-refractivity contribution is 5.95. The number of nitrogens with one attached hydrogen (secondary N) is 1. The van der Waals surface area contributed by atoms with Gasteiger partial charge in [0.05, 0.1) is 5.69 Å². The number of aromatic nitrogens is 3. The number of allylic oxidation sites excluding steroid dienone is 5. The zero-order chi connectivity index (χ0) is 19.5. The molecule has 1 fully saturated rings. The van der Waals surface area contributed by atoms with Gasteiger partial charge in [-0.15, -0.1) is 0 Å². The summed E-state index contributed by atoms with van der Waals surface area (Å²) in [5.74, 6) is 0.992. The largest absolute Gasteiger partial charge is 0.329 e. The molecule has 3 heterocycles. The first-order valence-corrected chi connectivity index (χ1v) is 9.72. The van der Waals surface area contributed by atoms with Crippen molar-refractivity contribution in [2.75, 3.05) is 0 Å². The summed E-state index contributed by atoms with van der Waals surface area (Å²) in [5.41, 5.74) is 4.51. The zero-order valence-corrected chi connectivity index (χ0v) is 15.9. The summed E-state index contributed by atoms with van der Waals surface area (Å²) in [6.45, 7) is 5.91. The molecule has 28 heavy (non-hydrogen) atoms. The lowest BCUT2D eigenvalue weighted by Gasteiger charge is -2.25. The second kappa shape index (κ2) is 5.99. The Morgan fingerprint density at radius 3 is 3.11 bits per heavy atom. The monoisotopic (exact) mass is 374 g/mol. The third-order valence-corrected chi connectivity index (χ3v) is 6.24. The zero-order valence-electron chi connectivity index (χ0n) is 15.9. The molecule has 0 spiro atoms. The molecule has 6 heteroatoms. The van der Waals surface area contributed by atoms with Crippen LogP contribution in [0, 0.1) is 11.3 Å². The number of fused-ring (bicyclic) bond motifs is 3. The van der Waals surface area contributed by atoms with Gasteiger partial charge in [-0.3, -0.25) is 14.0 Å². The lowest BCUT2D eigenvalue weighted by atomic mass is 9.86. The maximum Gasteiger partial charge on any atom is 0.234 e. The number of amides is 1. The van der Waals surface area contributed by atoms with Crippen LogP contribution in [0.15, 0.2) is 48.5 Å². The summed E-state index contributed by atoms with van der Waals surface area (Å²) in [6, 6.07) is 1.81. The Labute approximate surface area is 163 Å². The van der Waals surface area contributed by atoms with Crippen molar-refractivity contribution in [2.24, 2.45) is 11.3 Å². The summed E-state index contributed by atoms with van der Waals surface area (Å²) in [7, 11) is 0. The summed E-state index contributed by atoms with van der Waals surface area (Å²) >= 11 is 0. The fourth-order valence-electron chi connectivity index (χ4n) is 4.53. The molecule has 2 unspecified atom stereocenters. The van der Waals surface area contributed by atoms with Gasteiger partial charge in [0.15, 0.2) is 5.78 Å². The van der Waals surface area contributed by atoms with Crippen LogP contribution in [0.4, 0.5) is 0 Å². The normalized spacial score (nSPS) is 25.3. The molecule has 1 amide bonds. The highest BCUT2D eigenvalue weighted by atomic mass is 16.1. The van der Waals surface area contributed by atoms with E-state index in [0.717, 1.165) is 36.2 Å². The highest BCUT2D eigenvalue weighted by Crippen LogP contribution is 2.63. The number of nitrogens with zero attached hydrogens (tertiary/aromatic N) is 3. The molecule has 2 aliphatic carbocycles. The minimum Gasteiger partial charge on any atom is -0.329 e. The Balaban J connectivity index is 1.34. The van der Waals surface area contributed by atoms with Crippen molar-refractivity contribution in [3.05, 3.63) is 59.8 Å². The molecule has 0 saturated heterocycles. The third kappa shape index (κ3) is 2.63. The number of carbonyl (C=O) groups excluding carboxylic acids is 2. The van der Waals surface area contributed by atoms with Gasteiger partial charge in [-0.2, -0.15) is 0 Å². The predicted molar refractivity (Wildman–Crippen MR) is 105 cm³/mol. The van der Waals surface area contributed by atoms with E-state index in [2.05, 4.69) is 34.0 Å². The quantitative estimate of drug-likeness (QED) is 0.813.